The molecule has 0 aliphatic rings. The van der Waals surface area contributed by atoms with Gasteiger partial charge >= 0.3 is 12.0 Å². The van der Waals surface area contributed by atoms with Gasteiger partial charge in [-0.1, -0.05) is 13.8 Å². The van der Waals surface area contributed by atoms with Gasteiger partial charge in [0.25, 0.3) is 0 Å². The number of carbonyl (C=O) groups excluding carboxylic acids is 1. The summed E-state index contributed by atoms with van der Waals surface area (Å²) < 4.78 is 5.31. The number of amides is 2. The average Bonchev–Trinajstić information content (AvgIpc) is 2.80. The van der Waals surface area contributed by atoms with Crippen molar-refractivity contribution in [2.75, 3.05) is 6.54 Å². The van der Waals surface area contributed by atoms with E-state index in [-0.39, 0.29) is 18.5 Å². The van der Waals surface area contributed by atoms with Gasteiger partial charge in [0.1, 0.15) is 11.8 Å². The van der Waals surface area contributed by atoms with Crippen molar-refractivity contribution in [3.8, 4) is 0 Å². The summed E-state index contributed by atoms with van der Waals surface area (Å²) in [5.41, 5.74) is 0. The Morgan fingerprint density at radius 2 is 2.05 bits per heavy atom. The Kier molecular flexibility index (Phi) is 6.20. The first-order valence-corrected chi connectivity index (χ1v) is 6.99. The monoisotopic (exact) mass is 297 g/mol. The summed E-state index contributed by atoms with van der Waals surface area (Å²) >= 11 is 0. The lowest BCUT2D eigenvalue weighted by molar-refractivity contribution is -0.142. The van der Waals surface area contributed by atoms with E-state index in [0.29, 0.717) is 18.1 Å². The number of urea groups is 1. The number of carboxylic acid groups (broad SMARTS) is 1. The quantitative estimate of drug-likeness (QED) is 0.714. The van der Waals surface area contributed by atoms with Crippen LogP contribution in [0, 0.1) is 18.8 Å². The minimum Gasteiger partial charge on any atom is -0.481 e. The zero-order chi connectivity index (χ0) is 16.0. The van der Waals surface area contributed by atoms with Crippen molar-refractivity contribution in [1.82, 2.24) is 15.6 Å². The Morgan fingerprint density at radius 3 is 2.52 bits per heavy atom. The number of aryl methyl sites for hydroxylation is 1. The Labute approximate surface area is 124 Å². The Bertz CT molecular complexity index is 484. The van der Waals surface area contributed by atoms with Crippen molar-refractivity contribution >= 4 is 12.0 Å². The molecule has 0 aromatic carbocycles. The predicted octanol–water partition coefficient (Wildman–Crippen LogP) is 2.09. The van der Waals surface area contributed by atoms with Crippen LogP contribution in [0.1, 0.15) is 44.9 Å². The van der Waals surface area contributed by atoms with E-state index in [2.05, 4.69) is 15.6 Å². The molecule has 0 fully saturated rings. The zero-order valence-electron chi connectivity index (χ0n) is 12.8. The summed E-state index contributed by atoms with van der Waals surface area (Å²) in [4.78, 5) is 26.9. The van der Waals surface area contributed by atoms with E-state index >= 15 is 0 Å². The molecule has 0 spiro atoms. The first-order valence-electron chi connectivity index (χ1n) is 6.99. The standard InChI is InChI=1S/C14H23N3O4/c1-8(2)5-11(13(18)19)7-16-14(20)17-10(4)12-15-6-9(3)21-12/h6,8,10-11H,5,7H2,1-4H3,(H,18,19)(H2,16,17,20). The van der Waals surface area contributed by atoms with Crippen LogP contribution in [0.2, 0.25) is 0 Å². The second-order valence-electron chi connectivity index (χ2n) is 5.55. The number of hydrogen-bond donors (Lipinski definition) is 3. The molecule has 3 N–H and O–H groups in total. The first-order chi connectivity index (χ1) is 9.79. The number of carboxylic acids is 1. The largest absolute Gasteiger partial charge is 0.481 e. The van der Waals surface area contributed by atoms with Gasteiger partial charge in [-0.3, -0.25) is 4.79 Å². The topological polar surface area (TPSA) is 104 Å². The van der Waals surface area contributed by atoms with E-state index < -0.39 is 17.9 Å². The lowest BCUT2D eigenvalue weighted by Gasteiger charge is -2.17. The maximum atomic E-state index is 11.8. The zero-order valence-corrected chi connectivity index (χ0v) is 12.8. The van der Waals surface area contributed by atoms with Gasteiger partial charge in [0.05, 0.1) is 12.1 Å². The van der Waals surface area contributed by atoms with Crippen molar-refractivity contribution < 1.29 is 19.1 Å². The summed E-state index contributed by atoms with van der Waals surface area (Å²) in [6.07, 6.45) is 2.10. The summed E-state index contributed by atoms with van der Waals surface area (Å²) in [6, 6.07) is -0.819. The van der Waals surface area contributed by atoms with E-state index in [1.54, 1.807) is 20.0 Å². The molecule has 1 heterocycles. The fourth-order valence-corrected chi connectivity index (χ4v) is 1.94. The highest BCUT2D eigenvalue weighted by molar-refractivity contribution is 5.76. The molecule has 0 saturated carbocycles. The number of nitrogens with zero attached hydrogens (tertiary/aromatic N) is 1. The van der Waals surface area contributed by atoms with Gasteiger partial charge < -0.3 is 20.2 Å². The van der Waals surface area contributed by atoms with Crippen LogP contribution >= 0.6 is 0 Å². The highest BCUT2D eigenvalue weighted by atomic mass is 16.4. The maximum absolute atomic E-state index is 11.8. The van der Waals surface area contributed by atoms with E-state index in [9.17, 15) is 9.59 Å². The molecule has 118 valence electrons. The molecule has 0 radical (unpaired) electrons. The van der Waals surface area contributed by atoms with Gasteiger partial charge in [-0.25, -0.2) is 9.78 Å². The van der Waals surface area contributed by atoms with E-state index in [1.165, 1.54) is 0 Å². The lowest BCUT2D eigenvalue weighted by atomic mass is 9.97. The fourth-order valence-electron chi connectivity index (χ4n) is 1.94. The van der Waals surface area contributed by atoms with E-state index in [0.717, 1.165) is 0 Å². The van der Waals surface area contributed by atoms with Crippen LogP contribution in [0.3, 0.4) is 0 Å². The second kappa shape index (κ2) is 7.66. The van der Waals surface area contributed by atoms with Crippen molar-refractivity contribution in [3.05, 3.63) is 17.8 Å². The number of oxazole rings is 1. The molecule has 7 nitrogen and oxygen atoms in total. The van der Waals surface area contributed by atoms with Crippen LogP contribution in [0.4, 0.5) is 4.79 Å². The van der Waals surface area contributed by atoms with Gasteiger partial charge in [-0.05, 0) is 26.2 Å². The number of aromatic nitrogens is 1. The van der Waals surface area contributed by atoms with Gasteiger partial charge in [0.2, 0.25) is 5.89 Å². The van der Waals surface area contributed by atoms with Crippen LogP contribution in [0.5, 0.6) is 0 Å². The normalized spacial score (nSPS) is 13.8. The summed E-state index contributed by atoms with van der Waals surface area (Å²) in [6.45, 7) is 7.50. The maximum Gasteiger partial charge on any atom is 0.315 e. The fraction of sp³-hybridized carbons (Fsp3) is 0.643. The third-order valence-electron chi connectivity index (χ3n) is 2.97. The molecule has 0 bridgehead atoms. The highest BCUT2D eigenvalue weighted by Crippen LogP contribution is 2.12. The first kappa shape index (κ1) is 17.0. The number of rotatable bonds is 7. The molecule has 2 amide bonds. The molecule has 0 saturated heterocycles. The predicted molar refractivity (Wildman–Crippen MR) is 76.8 cm³/mol. The van der Waals surface area contributed by atoms with Gasteiger partial charge in [-0.15, -0.1) is 0 Å². The summed E-state index contributed by atoms with van der Waals surface area (Å²) in [5.74, 6) is -0.151. The molecular weight excluding hydrogens is 274 g/mol. The lowest BCUT2D eigenvalue weighted by Crippen LogP contribution is -2.41. The van der Waals surface area contributed by atoms with Crippen molar-refractivity contribution in [2.24, 2.45) is 11.8 Å². The van der Waals surface area contributed by atoms with E-state index in [4.69, 9.17) is 9.52 Å². The van der Waals surface area contributed by atoms with Crippen molar-refractivity contribution in [2.45, 2.75) is 40.2 Å². The molecule has 0 aliphatic heterocycles. The molecule has 1 aromatic heterocycles. The summed E-state index contributed by atoms with van der Waals surface area (Å²) in [5, 5.41) is 14.3. The number of carbonyl (C=O) groups is 2. The van der Waals surface area contributed by atoms with Crippen LogP contribution in [0.25, 0.3) is 0 Å². The number of aliphatic carboxylic acids is 1. The van der Waals surface area contributed by atoms with Gasteiger partial charge in [0, 0.05) is 6.54 Å². The average molecular weight is 297 g/mol. The molecule has 7 heteroatoms. The molecule has 1 aromatic rings. The Hall–Kier alpha value is -2.05. The van der Waals surface area contributed by atoms with Crippen LogP contribution in [0.15, 0.2) is 10.6 Å². The van der Waals surface area contributed by atoms with Crippen LogP contribution in [-0.2, 0) is 4.79 Å². The van der Waals surface area contributed by atoms with Crippen LogP contribution in [-0.4, -0.2) is 28.6 Å². The van der Waals surface area contributed by atoms with Crippen molar-refractivity contribution in [3.63, 3.8) is 0 Å². The minimum atomic E-state index is -0.902. The number of nitrogens with one attached hydrogen (secondary N) is 2. The molecule has 21 heavy (non-hydrogen) atoms. The smallest absolute Gasteiger partial charge is 0.315 e. The number of hydrogen-bond acceptors (Lipinski definition) is 4. The third-order valence-corrected chi connectivity index (χ3v) is 2.97. The Balaban J connectivity index is 2.44. The summed E-state index contributed by atoms with van der Waals surface area (Å²) in [7, 11) is 0. The van der Waals surface area contributed by atoms with E-state index in [1.807, 2.05) is 13.8 Å². The SMILES string of the molecule is Cc1cnc(C(C)NC(=O)NCC(CC(C)C)C(=O)O)o1. The molecule has 1 rings (SSSR count). The molecule has 2 atom stereocenters. The third kappa shape index (κ3) is 5.85. The van der Waals surface area contributed by atoms with Gasteiger partial charge in [0.15, 0.2) is 0 Å². The van der Waals surface area contributed by atoms with Crippen LogP contribution < -0.4 is 10.6 Å². The van der Waals surface area contributed by atoms with Gasteiger partial charge in [-0.2, -0.15) is 0 Å². The highest BCUT2D eigenvalue weighted by Gasteiger charge is 2.20. The van der Waals surface area contributed by atoms with Crippen molar-refractivity contribution in [1.29, 1.82) is 0 Å². The minimum absolute atomic E-state index is 0.0939. The molecule has 2 unspecified atom stereocenters. The molecular formula is C14H23N3O4. The Morgan fingerprint density at radius 1 is 1.38 bits per heavy atom. The molecule has 0 aliphatic carbocycles. The second-order valence-corrected chi connectivity index (χ2v) is 5.55.